The van der Waals surface area contributed by atoms with E-state index in [2.05, 4.69) is 11.8 Å². The number of benzene rings is 1. The Hall–Kier alpha value is -3.61. The predicted octanol–water partition coefficient (Wildman–Crippen LogP) is 0.337. The van der Waals surface area contributed by atoms with Gasteiger partial charge in [0.05, 0.1) is 12.1 Å². The van der Waals surface area contributed by atoms with Crippen LogP contribution in [-0.2, 0) is 20.8 Å². The van der Waals surface area contributed by atoms with Crippen LogP contribution in [-0.4, -0.2) is 69.0 Å². The molecule has 6 N–H and O–H groups in total. The average Bonchev–Trinajstić information content (AvgIpc) is 2.71. The minimum Gasteiger partial charge on any atom is -0.508 e. The molecule has 9 nitrogen and oxygen atoms in total. The van der Waals surface area contributed by atoms with Crippen LogP contribution >= 0.6 is 0 Å². The van der Waals surface area contributed by atoms with E-state index in [1.165, 1.54) is 6.07 Å². The van der Waals surface area contributed by atoms with E-state index in [-0.39, 0.29) is 36.1 Å². The van der Waals surface area contributed by atoms with Gasteiger partial charge in [0.15, 0.2) is 11.4 Å². The van der Waals surface area contributed by atoms with Gasteiger partial charge in [0.2, 0.25) is 5.78 Å². The van der Waals surface area contributed by atoms with Crippen LogP contribution in [0.4, 0.5) is 0 Å². The van der Waals surface area contributed by atoms with Crippen LogP contribution in [0.25, 0.3) is 5.76 Å². The van der Waals surface area contributed by atoms with Crippen LogP contribution in [0, 0.1) is 23.7 Å². The van der Waals surface area contributed by atoms with Gasteiger partial charge in [-0.3, -0.25) is 19.3 Å². The van der Waals surface area contributed by atoms with Crippen molar-refractivity contribution in [3.8, 4) is 17.6 Å². The first-order valence-electron chi connectivity index (χ1n) is 10.4. The van der Waals surface area contributed by atoms with Crippen molar-refractivity contribution >= 4 is 23.2 Å². The smallest absolute Gasteiger partial charge is 0.255 e. The third-order valence-electron chi connectivity index (χ3n) is 6.57. The first-order valence-corrected chi connectivity index (χ1v) is 10.4. The molecule has 33 heavy (non-hydrogen) atoms. The van der Waals surface area contributed by atoms with E-state index in [1.807, 2.05) is 19.0 Å². The van der Waals surface area contributed by atoms with Crippen LogP contribution in [0.15, 0.2) is 29.0 Å². The fourth-order valence-corrected chi connectivity index (χ4v) is 5.03. The molecule has 0 bridgehead atoms. The molecule has 1 saturated carbocycles. The number of carbonyl (C=O) groups is 3. The fourth-order valence-electron chi connectivity index (χ4n) is 5.03. The Labute approximate surface area is 189 Å². The SMILES string of the molecule is CN(C)CC#Cc1ccc(O)c2c1CC1CC3CC(=O)C(C(N)=O)=C(O)C3(O)C(=O)C1=C2O. The molecule has 1 fully saturated rings. The number of primary amides is 1. The third-order valence-corrected chi connectivity index (χ3v) is 6.57. The number of aliphatic hydroxyl groups excluding tert-OH is 2. The molecular formula is C24H24N2O7. The zero-order valence-corrected chi connectivity index (χ0v) is 18.2. The number of nitrogens with zero attached hydrogens (tertiary/aromatic N) is 1. The molecule has 0 heterocycles. The van der Waals surface area contributed by atoms with Gasteiger partial charge in [-0.15, -0.1) is 0 Å². The summed E-state index contributed by atoms with van der Waals surface area (Å²) >= 11 is 0. The Kier molecular flexibility index (Phi) is 5.31. The molecule has 1 aromatic rings. The van der Waals surface area contributed by atoms with E-state index in [0.717, 1.165) is 0 Å². The lowest BCUT2D eigenvalue weighted by Crippen LogP contribution is -2.58. The number of phenols is 1. The second-order valence-corrected chi connectivity index (χ2v) is 8.93. The number of rotatable bonds is 2. The number of fused-ring (bicyclic) bond motifs is 3. The van der Waals surface area contributed by atoms with Crippen LogP contribution in [0.3, 0.4) is 0 Å². The monoisotopic (exact) mass is 452 g/mol. The molecular weight excluding hydrogens is 428 g/mol. The highest BCUT2D eigenvalue weighted by molar-refractivity contribution is 6.22. The van der Waals surface area contributed by atoms with Gasteiger partial charge in [-0.1, -0.05) is 11.8 Å². The van der Waals surface area contributed by atoms with Crippen molar-refractivity contribution in [2.45, 2.75) is 24.9 Å². The summed E-state index contributed by atoms with van der Waals surface area (Å²) in [6.45, 7) is 0.496. The summed E-state index contributed by atoms with van der Waals surface area (Å²) in [6.07, 6.45) is -0.0323. The van der Waals surface area contributed by atoms with Crippen molar-refractivity contribution in [2.75, 3.05) is 20.6 Å². The third kappa shape index (κ3) is 3.30. The van der Waals surface area contributed by atoms with E-state index in [0.29, 0.717) is 17.7 Å². The van der Waals surface area contributed by atoms with Gasteiger partial charge < -0.3 is 26.2 Å². The highest BCUT2D eigenvalue weighted by Crippen LogP contribution is 2.52. The molecule has 0 radical (unpaired) electrons. The lowest BCUT2D eigenvalue weighted by molar-refractivity contribution is -0.147. The number of nitrogens with two attached hydrogens (primary N) is 1. The van der Waals surface area contributed by atoms with Gasteiger partial charge in [-0.05, 0) is 50.6 Å². The second kappa shape index (κ2) is 7.76. The Bertz CT molecular complexity index is 1230. The number of aliphatic hydroxyl groups is 3. The molecule has 3 aliphatic carbocycles. The summed E-state index contributed by atoms with van der Waals surface area (Å²) in [5.74, 6) is -0.407. The number of hydrogen-bond donors (Lipinski definition) is 5. The molecule has 3 aliphatic rings. The summed E-state index contributed by atoms with van der Waals surface area (Å²) in [6, 6.07) is 3.00. The first-order chi connectivity index (χ1) is 15.5. The van der Waals surface area contributed by atoms with Crippen molar-refractivity contribution in [1.82, 2.24) is 4.90 Å². The summed E-state index contributed by atoms with van der Waals surface area (Å²) in [5.41, 5.74) is 2.83. The fraction of sp³-hybridized carbons (Fsp3) is 0.375. The maximum absolute atomic E-state index is 13.4. The number of ketones is 2. The van der Waals surface area contributed by atoms with Crippen molar-refractivity contribution in [2.24, 2.45) is 17.6 Å². The van der Waals surface area contributed by atoms with Crippen molar-refractivity contribution < 1.29 is 34.8 Å². The summed E-state index contributed by atoms with van der Waals surface area (Å²) in [7, 11) is 3.74. The second-order valence-electron chi connectivity index (χ2n) is 8.93. The molecule has 0 spiro atoms. The molecule has 1 aromatic carbocycles. The number of phenolic OH excluding ortho intramolecular Hbond substituents is 1. The Morgan fingerprint density at radius 1 is 1.21 bits per heavy atom. The van der Waals surface area contributed by atoms with E-state index in [9.17, 15) is 34.8 Å². The van der Waals surface area contributed by atoms with Crippen LogP contribution in [0.2, 0.25) is 0 Å². The van der Waals surface area contributed by atoms with Gasteiger partial charge in [-0.2, -0.15) is 0 Å². The maximum atomic E-state index is 13.4. The van der Waals surface area contributed by atoms with Gasteiger partial charge in [0, 0.05) is 23.5 Å². The molecule has 3 unspecified atom stereocenters. The number of amides is 1. The number of aromatic hydroxyl groups is 1. The molecule has 3 atom stereocenters. The quantitative estimate of drug-likeness (QED) is 0.317. The van der Waals surface area contributed by atoms with Crippen molar-refractivity contribution in [3.63, 3.8) is 0 Å². The summed E-state index contributed by atoms with van der Waals surface area (Å²) < 4.78 is 0. The highest BCUT2D eigenvalue weighted by atomic mass is 16.3. The zero-order chi connectivity index (χ0) is 24.2. The lowest BCUT2D eigenvalue weighted by Gasteiger charge is -2.46. The number of Topliss-reactive ketones (excluding diaryl/α,β-unsaturated/α-hetero) is 2. The average molecular weight is 452 g/mol. The Morgan fingerprint density at radius 3 is 2.55 bits per heavy atom. The van der Waals surface area contributed by atoms with Crippen LogP contribution in [0.5, 0.6) is 5.75 Å². The summed E-state index contributed by atoms with van der Waals surface area (Å²) in [5, 5.41) is 43.3. The summed E-state index contributed by atoms with van der Waals surface area (Å²) in [4.78, 5) is 39.4. The number of hydrogen-bond acceptors (Lipinski definition) is 8. The topological polar surface area (TPSA) is 161 Å². The minimum absolute atomic E-state index is 0.0405. The van der Waals surface area contributed by atoms with E-state index >= 15 is 0 Å². The highest BCUT2D eigenvalue weighted by Gasteiger charge is 2.60. The van der Waals surface area contributed by atoms with Gasteiger partial charge >= 0.3 is 0 Å². The molecule has 0 aliphatic heterocycles. The van der Waals surface area contributed by atoms with E-state index in [1.54, 1.807) is 6.07 Å². The molecule has 0 aromatic heterocycles. The standard InChI is InChI=1S/C24H24N2O7/c1-26(2)7-3-4-11-5-6-15(27)18-14(11)9-12-8-13-10-16(28)19(23(25)32)22(31)24(13,33)21(30)17(12)20(18)29/h5-6,12-13,27,29,31,33H,7-10H2,1-2H3,(H2,25,32). The molecule has 172 valence electrons. The van der Waals surface area contributed by atoms with E-state index in [4.69, 9.17) is 5.73 Å². The van der Waals surface area contributed by atoms with Crippen molar-refractivity contribution in [3.05, 3.63) is 45.7 Å². The van der Waals surface area contributed by atoms with Crippen LogP contribution in [0.1, 0.15) is 29.5 Å². The Morgan fingerprint density at radius 2 is 1.91 bits per heavy atom. The number of carbonyl (C=O) groups excluding carboxylic acids is 3. The van der Waals surface area contributed by atoms with Gasteiger partial charge in [-0.25, -0.2) is 0 Å². The lowest BCUT2D eigenvalue weighted by atomic mass is 9.59. The maximum Gasteiger partial charge on any atom is 0.255 e. The van der Waals surface area contributed by atoms with Gasteiger partial charge in [0.25, 0.3) is 5.91 Å². The minimum atomic E-state index is -2.56. The molecule has 1 amide bonds. The van der Waals surface area contributed by atoms with Crippen LogP contribution < -0.4 is 5.73 Å². The zero-order valence-electron chi connectivity index (χ0n) is 18.2. The van der Waals surface area contributed by atoms with E-state index < -0.39 is 52.0 Å². The normalized spacial score (nSPS) is 26.4. The largest absolute Gasteiger partial charge is 0.508 e. The predicted molar refractivity (Wildman–Crippen MR) is 117 cm³/mol. The molecule has 0 saturated heterocycles. The van der Waals surface area contributed by atoms with Gasteiger partial charge in [0.1, 0.15) is 22.8 Å². The Balaban J connectivity index is 1.88. The first kappa shape index (κ1) is 22.6. The molecule has 9 heteroatoms. The van der Waals surface area contributed by atoms with Crippen molar-refractivity contribution in [1.29, 1.82) is 0 Å². The molecule has 4 rings (SSSR count).